The monoisotopic (exact) mass is 413 g/mol. The van der Waals surface area contributed by atoms with E-state index in [4.69, 9.17) is 4.74 Å². The Morgan fingerprint density at radius 2 is 1.77 bits per heavy atom. The number of hydrogen-bond donors (Lipinski definition) is 1. The van der Waals surface area contributed by atoms with Crippen LogP contribution in [0.3, 0.4) is 0 Å². The van der Waals surface area contributed by atoms with Crippen molar-refractivity contribution in [1.29, 1.82) is 0 Å². The summed E-state index contributed by atoms with van der Waals surface area (Å²) in [6, 6.07) is 15.8. The highest BCUT2D eigenvalue weighted by atomic mass is 79.9. The second-order valence-corrected chi connectivity index (χ2v) is 6.47. The van der Waals surface area contributed by atoms with Crippen molar-refractivity contribution in [3.8, 4) is 5.75 Å². The molecule has 0 aliphatic heterocycles. The minimum absolute atomic E-state index is 0.0209. The Hall–Kier alpha value is -2.93. The Morgan fingerprint density at radius 1 is 1.08 bits per heavy atom. The normalized spacial score (nSPS) is 10.4. The number of amides is 1. The second kappa shape index (κ2) is 7.97. The lowest BCUT2D eigenvalue weighted by atomic mass is 10.1. The van der Waals surface area contributed by atoms with Crippen molar-refractivity contribution >= 4 is 33.3 Å². The lowest BCUT2D eigenvalue weighted by Gasteiger charge is -2.06. The molecule has 132 valence electrons. The van der Waals surface area contributed by atoms with Crippen LogP contribution in [0.25, 0.3) is 0 Å². The maximum Gasteiger partial charge on any atom is 0.276 e. The number of ether oxygens (including phenoxy) is 1. The summed E-state index contributed by atoms with van der Waals surface area (Å²) in [5.74, 6) is 0.357. The van der Waals surface area contributed by atoms with Gasteiger partial charge in [0.2, 0.25) is 0 Å². The molecular formula is C19H16BrN3O3. The molecule has 2 aromatic carbocycles. The van der Waals surface area contributed by atoms with Crippen LogP contribution in [0.15, 0.2) is 65.3 Å². The first-order valence-corrected chi connectivity index (χ1v) is 8.65. The van der Waals surface area contributed by atoms with Gasteiger partial charge in [0.1, 0.15) is 5.75 Å². The summed E-state index contributed by atoms with van der Waals surface area (Å²) in [5, 5.41) is 6.95. The van der Waals surface area contributed by atoms with Gasteiger partial charge in [-0.3, -0.25) is 9.59 Å². The minimum Gasteiger partial charge on any atom is -0.471 e. The Kier molecular flexibility index (Phi) is 5.48. The van der Waals surface area contributed by atoms with Gasteiger partial charge in [-0.25, -0.2) is 4.68 Å². The molecule has 0 aliphatic rings. The molecule has 3 rings (SSSR count). The average molecular weight is 414 g/mol. The molecule has 0 aliphatic carbocycles. The summed E-state index contributed by atoms with van der Waals surface area (Å²) in [7, 11) is 0. The smallest absolute Gasteiger partial charge is 0.276 e. The van der Waals surface area contributed by atoms with E-state index < -0.39 is 0 Å². The standard InChI is InChI=1S/C19H16BrN3O3/c1-13(24)14-2-6-16(7-3-14)21-19(25)18-10-11-23(22-18)12-26-17-8-4-15(20)5-9-17/h2-11H,12H2,1H3,(H,21,25). The van der Waals surface area contributed by atoms with E-state index in [1.807, 2.05) is 24.3 Å². The van der Waals surface area contributed by atoms with Crippen LogP contribution in [-0.2, 0) is 6.73 Å². The van der Waals surface area contributed by atoms with Crippen molar-refractivity contribution in [2.45, 2.75) is 13.7 Å². The third kappa shape index (κ3) is 4.58. The largest absolute Gasteiger partial charge is 0.471 e. The molecule has 0 fully saturated rings. The summed E-state index contributed by atoms with van der Waals surface area (Å²) in [4.78, 5) is 23.5. The summed E-state index contributed by atoms with van der Waals surface area (Å²) < 4.78 is 8.12. The van der Waals surface area contributed by atoms with Crippen LogP contribution in [0.4, 0.5) is 5.69 Å². The lowest BCUT2D eigenvalue weighted by molar-refractivity contribution is 0.101. The van der Waals surface area contributed by atoms with Gasteiger partial charge in [-0.05, 0) is 61.5 Å². The predicted molar refractivity (Wildman–Crippen MR) is 101 cm³/mol. The van der Waals surface area contributed by atoms with Crippen LogP contribution < -0.4 is 10.1 Å². The van der Waals surface area contributed by atoms with Crippen LogP contribution in [0, 0.1) is 0 Å². The number of nitrogens with one attached hydrogen (secondary N) is 1. The zero-order valence-electron chi connectivity index (χ0n) is 14.0. The van der Waals surface area contributed by atoms with Gasteiger partial charge in [0.05, 0.1) is 0 Å². The number of halogens is 1. The second-order valence-electron chi connectivity index (χ2n) is 5.56. The Balaban J connectivity index is 1.58. The van der Waals surface area contributed by atoms with E-state index in [0.29, 0.717) is 17.0 Å². The first-order chi connectivity index (χ1) is 12.5. The van der Waals surface area contributed by atoms with Crippen molar-refractivity contribution in [3.05, 3.63) is 76.5 Å². The number of hydrogen-bond acceptors (Lipinski definition) is 4. The Morgan fingerprint density at radius 3 is 2.42 bits per heavy atom. The summed E-state index contributed by atoms with van der Waals surface area (Å²) >= 11 is 3.36. The molecule has 0 unspecified atom stereocenters. The highest BCUT2D eigenvalue weighted by Gasteiger charge is 2.10. The number of nitrogens with zero attached hydrogens (tertiary/aromatic N) is 2. The number of ketones is 1. The molecule has 1 aromatic heterocycles. The van der Waals surface area contributed by atoms with Gasteiger partial charge < -0.3 is 10.1 Å². The highest BCUT2D eigenvalue weighted by Crippen LogP contribution is 2.16. The van der Waals surface area contributed by atoms with E-state index in [1.165, 1.54) is 11.6 Å². The fourth-order valence-electron chi connectivity index (χ4n) is 2.21. The molecule has 0 saturated heterocycles. The van der Waals surface area contributed by atoms with Gasteiger partial charge in [0, 0.05) is 21.9 Å². The predicted octanol–water partition coefficient (Wildman–Crippen LogP) is 4.14. The first-order valence-electron chi connectivity index (χ1n) is 7.85. The molecule has 0 spiro atoms. The summed E-state index contributed by atoms with van der Waals surface area (Å²) in [6.45, 7) is 1.69. The number of carbonyl (C=O) groups is 2. The molecule has 0 atom stereocenters. The van der Waals surface area contributed by atoms with Crippen molar-refractivity contribution in [2.24, 2.45) is 0 Å². The van der Waals surface area contributed by atoms with Crippen molar-refractivity contribution < 1.29 is 14.3 Å². The van der Waals surface area contributed by atoms with Crippen LogP contribution >= 0.6 is 15.9 Å². The zero-order chi connectivity index (χ0) is 18.5. The molecule has 7 heteroatoms. The van der Waals surface area contributed by atoms with E-state index in [-0.39, 0.29) is 24.1 Å². The van der Waals surface area contributed by atoms with Gasteiger partial charge in [0.15, 0.2) is 18.2 Å². The maximum atomic E-state index is 12.3. The van der Waals surface area contributed by atoms with Gasteiger partial charge in [-0.15, -0.1) is 0 Å². The number of rotatable bonds is 6. The van der Waals surface area contributed by atoms with Crippen LogP contribution in [0.2, 0.25) is 0 Å². The molecule has 0 radical (unpaired) electrons. The average Bonchev–Trinajstić information content (AvgIpc) is 3.11. The number of benzene rings is 2. The van der Waals surface area contributed by atoms with E-state index in [1.54, 1.807) is 36.5 Å². The topological polar surface area (TPSA) is 73.2 Å². The summed E-state index contributed by atoms with van der Waals surface area (Å²) in [5.41, 5.74) is 1.47. The quantitative estimate of drug-likeness (QED) is 0.616. The highest BCUT2D eigenvalue weighted by molar-refractivity contribution is 9.10. The molecule has 6 nitrogen and oxygen atoms in total. The third-order valence-electron chi connectivity index (χ3n) is 3.60. The lowest BCUT2D eigenvalue weighted by Crippen LogP contribution is -2.14. The van der Waals surface area contributed by atoms with Crippen LogP contribution in [-0.4, -0.2) is 21.5 Å². The number of aromatic nitrogens is 2. The van der Waals surface area contributed by atoms with Crippen LogP contribution in [0.5, 0.6) is 5.75 Å². The van der Waals surface area contributed by atoms with E-state index >= 15 is 0 Å². The molecule has 1 heterocycles. The zero-order valence-corrected chi connectivity index (χ0v) is 15.6. The number of carbonyl (C=O) groups excluding carboxylic acids is 2. The van der Waals surface area contributed by atoms with Gasteiger partial charge in [-0.2, -0.15) is 5.10 Å². The minimum atomic E-state index is -0.331. The third-order valence-corrected chi connectivity index (χ3v) is 4.13. The van der Waals surface area contributed by atoms with Gasteiger partial charge in [-0.1, -0.05) is 15.9 Å². The first kappa shape index (κ1) is 17.9. The Bertz CT molecular complexity index is 918. The van der Waals surface area contributed by atoms with E-state index in [2.05, 4.69) is 26.3 Å². The molecule has 26 heavy (non-hydrogen) atoms. The Labute approximate surface area is 158 Å². The van der Waals surface area contributed by atoms with E-state index in [9.17, 15) is 9.59 Å². The van der Waals surface area contributed by atoms with E-state index in [0.717, 1.165) is 4.47 Å². The van der Waals surface area contributed by atoms with Crippen LogP contribution in [0.1, 0.15) is 27.8 Å². The summed E-state index contributed by atoms with van der Waals surface area (Å²) in [6.07, 6.45) is 1.67. The maximum absolute atomic E-state index is 12.3. The fourth-order valence-corrected chi connectivity index (χ4v) is 2.47. The molecule has 3 aromatic rings. The van der Waals surface area contributed by atoms with Gasteiger partial charge >= 0.3 is 0 Å². The number of Topliss-reactive ketones (excluding diaryl/α,β-unsaturated/α-hetero) is 1. The molecule has 0 saturated carbocycles. The molecule has 0 bridgehead atoms. The van der Waals surface area contributed by atoms with Crippen molar-refractivity contribution in [3.63, 3.8) is 0 Å². The van der Waals surface area contributed by atoms with Crippen molar-refractivity contribution in [1.82, 2.24) is 9.78 Å². The fraction of sp³-hybridized carbons (Fsp3) is 0.105. The molecule has 1 N–H and O–H groups in total. The molecular weight excluding hydrogens is 398 g/mol. The SMILES string of the molecule is CC(=O)c1ccc(NC(=O)c2ccn(COc3ccc(Br)cc3)n2)cc1. The number of anilines is 1. The molecule has 1 amide bonds. The van der Waals surface area contributed by atoms with Crippen molar-refractivity contribution in [2.75, 3.05) is 5.32 Å². The van der Waals surface area contributed by atoms with Gasteiger partial charge in [0.25, 0.3) is 5.91 Å².